The van der Waals surface area contributed by atoms with Crippen LogP contribution in [-0.2, 0) is 16.6 Å². The van der Waals surface area contributed by atoms with Gasteiger partial charge in [-0.05, 0) is 174 Å². The van der Waals surface area contributed by atoms with Gasteiger partial charge in [-0.1, -0.05) is 75.0 Å². The number of carbonyl (C=O) groups excluding carboxylic acids is 3. The summed E-state index contributed by atoms with van der Waals surface area (Å²) in [4.78, 5) is 55.1. The number of benzene rings is 3. The first-order valence-electron chi connectivity index (χ1n) is 30.1. The Morgan fingerprint density at radius 3 is 2.36 bits per heavy atom. The summed E-state index contributed by atoms with van der Waals surface area (Å²) in [5, 5.41) is 21.1. The number of nitrogens with one attached hydrogen (secondary N) is 2. The molecule has 3 aromatic heterocycles. The number of rotatable bonds is 21. The lowest BCUT2D eigenvalue weighted by Gasteiger charge is -2.38. The third-order valence-corrected chi connectivity index (χ3v) is 18.7. The molecule has 3 saturated carbocycles. The van der Waals surface area contributed by atoms with E-state index in [1.165, 1.54) is 56.7 Å². The number of nitriles is 1. The third-order valence-electron chi connectivity index (χ3n) is 18.2. The van der Waals surface area contributed by atoms with E-state index in [0.29, 0.717) is 42.5 Å². The van der Waals surface area contributed by atoms with Crippen molar-refractivity contribution < 1.29 is 41.1 Å². The van der Waals surface area contributed by atoms with Crippen LogP contribution in [0.4, 0.5) is 28.9 Å². The van der Waals surface area contributed by atoms with Gasteiger partial charge in [0, 0.05) is 71.3 Å². The number of piperidine rings is 1. The number of amides is 3. The van der Waals surface area contributed by atoms with Gasteiger partial charge in [0.15, 0.2) is 11.4 Å². The number of oxazole rings is 1. The number of carbonyl (C=O) groups is 3. The second-order valence-corrected chi connectivity index (χ2v) is 26.3. The second kappa shape index (κ2) is 26.7. The Balaban J connectivity index is 0.690. The minimum atomic E-state index is -2.89. The van der Waals surface area contributed by atoms with Crippen molar-refractivity contribution in [2.45, 2.75) is 134 Å². The number of anilines is 2. The fraction of sp³-hybridized carbons (Fsp3) is 0.500. The van der Waals surface area contributed by atoms with Crippen molar-refractivity contribution in [3.63, 3.8) is 0 Å². The molecular weight excluding hydrogens is 1150 g/mol. The molecule has 4 atom stereocenters. The van der Waals surface area contributed by atoms with E-state index in [1.54, 1.807) is 41.2 Å². The molecule has 86 heavy (non-hydrogen) atoms. The number of alkyl halides is 2. The van der Waals surface area contributed by atoms with Crippen LogP contribution in [0, 0.1) is 58.0 Å². The van der Waals surface area contributed by atoms with Crippen molar-refractivity contribution in [2.24, 2.45) is 35.0 Å². The summed E-state index contributed by atoms with van der Waals surface area (Å²) in [6.07, 6.45) is 13.7. The Morgan fingerprint density at radius 1 is 0.919 bits per heavy atom. The van der Waals surface area contributed by atoms with E-state index in [0.717, 1.165) is 95.0 Å². The predicted octanol–water partition coefficient (Wildman–Crippen LogP) is 15.3. The maximum atomic E-state index is 16.3. The van der Waals surface area contributed by atoms with Gasteiger partial charge in [0.1, 0.15) is 23.6 Å². The largest absolute Gasteiger partial charge is 0.495 e. The van der Waals surface area contributed by atoms with E-state index in [9.17, 15) is 28.4 Å². The van der Waals surface area contributed by atoms with E-state index in [2.05, 4.69) is 43.7 Å². The molecule has 2 N–H and O–H groups in total. The Morgan fingerprint density at radius 2 is 1.66 bits per heavy atom. The van der Waals surface area contributed by atoms with Crippen LogP contribution in [0.2, 0.25) is 10.0 Å². The van der Waals surface area contributed by atoms with Crippen molar-refractivity contribution in [1.29, 1.82) is 5.26 Å². The van der Waals surface area contributed by atoms with E-state index in [1.807, 2.05) is 31.7 Å². The molecule has 456 valence electrons. The molecule has 6 aromatic rings. The lowest BCUT2D eigenvalue weighted by Crippen LogP contribution is -2.39. The molecule has 0 unspecified atom stereocenters. The molecule has 3 aliphatic carbocycles. The second-order valence-electron chi connectivity index (χ2n) is 25.5. The van der Waals surface area contributed by atoms with Crippen molar-refractivity contribution in [2.75, 3.05) is 51.0 Å². The number of methoxy groups -OCH3 is 1. The Bertz CT molecular complexity index is 3450. The number of aryl methyl sites for hydroxylation is 1. The summed E-state index contributed by atoms with van der Waals surface area (Å²) >= 11 is 12.6. The fourth-order valence-corrected chi connectivity index (χ4v) is 14.0. The van der Waals surface area contributed by atoms with E-state index >= 15 is 8.78 Å². The molecule has 0 bridgehead atoms. The molecule has 3 aromatic carbocycles. The van der Waals surface area contributed by atoms with E-state index < -0.39 is 58.7 Å². The number of hydrogen-bond acceptors (Lipinski definition) is 10. The number of halogens is 6. The number of hydrogen-bond donors (Lipinski definition) is 2. The van der Waals surface area contributed by atoms with Gasteiger partial charge in [0.2, 0.25) is 11.8 Å². The first kappa shape index (κ1) is 62.2. The molecule has 20 heteroatoms. The minimum absolute atomic E-state index is 0.0253. The number of aromatic nitrogens is 4. The van der Waals surface area contributed by atoms with Crippen LogP contribution < -0.4 is 15.4 Å². The van der Waals surface area contributed by atoms with Gasteiger partial charge in [0.05, 0.1) is 41.0 Å². The number of likely N-dealkylation sites (tertiary alicyclic amines) is 1. The standard InChI is InChI=1S/C66H75Cl2F4N9O5/c1-65(2,3)34-44-32-49(57(48-9-6-10-51(68)58(48)70)66(44,38-73)50-21-17-45(67)33-52(50)69)61(82)75-53-22-16-43(31-56(53)85-5)64(84)80-28-24-39(25-29-80)8-7-27-79(4)35-41-14-19-47(20-15-41)81-36-54(59(78-81)60(71)72)76-62(83)55-37-86-63(77-55)42-23-26-74-46(30-42)18-13-40-11-12-40/h6,9-10,16-17,21-23,26,30-31,33,36-37,39-41,44,47,49,57,60H,7-8,11-15,18-20,24-25,27-29,32,34-35H2,1-5H3,(H,75,82)(H,76,83)/t41?,44-,47?,49+,57-,66+/m0/s1. The van der Waals surface area contributed by atoms with E-state index in [-0.39, 0.29) is 73.7 Å². The molecule has 0 spiro atoms. The third kappa shape index (κ3) is 14.1. The number of nitrogens with zero attached hydrogens (tertiary/aromatic N) is 7. The van der Waals surface area contributed by atoms with Crippen molar-refractivity contribution in [1.82, 2.24) is 29.5 Å². The minimum Gasteiger partial charge on any atom is -0.495 e. The molecule has 1 aliphatic heterocycles. The lowest BCUT2D eigenvalue weighted by molar-refractivity contribution is -0.120. The van der Waals surface area contributed by atoms with Gasteiger partial charge in [0.25, 0.3) is 18.2 Å². The zero-order valence-electron chi connectivity index (χ0n) is 49.4. The molecule has 4 aliphatic rings. The van der Waals surface area contributed by atoms with Crippen LogP contribution in [0.5, 0.6) is 5.75 Å². The van der Waals surface area contributed by atoms with Crippen molar-refractivity contribution in [3.05, 3.63) is 141 Å². The first-order chi connectivity index (χ1) is 41.2. The highest BCUT2D eigenvalue weighted by Gasteiger charge is 2.61. The fourth-order valence-electron chi connectivity index (χ4n) is 13.7. The molecule has 3 amide bonds. The number of pyridine rings is 1. The van der Waals surface area contributed by atoms with Gasteiger partial charge in [-0.3, -0.25) is 24.0 Å². The lowest BCUT2D eigenvalue weighted by atomic mass is 9.62. The summed E-state index contributed by atoms with van der Waals surface area (Å²) in [6.45, 7) is 9.04. The molecule has 1 saturated heterocycles. The summed E-state index contributed by atoms with van der Waals surface area (Å²) < 4.78 is 74.1. The van der Waals surface area contributed by atoms with Crippen LogP contribution in [0.15, 0.2) is 89.8 Å². The maximum Gasteiger partial charge on any atom is 0.284 e. The molecule has 10 rings (SSSR count). The molecule has 4 fully saturated rings. The number of ether oxygens (including phenoxy) is 1. The summed E-state index contributed by atoms with van der Waals surface area (Å²) in [7, 11) is 3.58. The van der Waals surface area contributed by atoms with Crippen LogP contribution in [0.1, 0.15) is 166 Å². The van der Waals surface area contributed by atoms with E-state index in [4.69, 9.17) is 32.4 Å². The molecule has 14 nitrogen and oxygen atoms in total. The highest BCUT2D eigenvalue weighted by molar-refractivity contribution is 6.31. The molecule has 0 radical (unpaired) electrons. The average molecular weight is 1220 g/mol. The molecular formula is C66H75Cl2F4N9O5. The predicted molar refractivity (Wildman–Crippen MR) is 322 cm³/mol. The van der Waals surface area contributed by atoms with Crippen LogP contribution in [-0.4, -0.2) is 87.6 Å². The van der Waals surface area contributed by atoms with Crippen molar-refractivity contribution in [3.8, 4) is 23.3 Å². The average Bonchev–Trinajstić information content (AvgIpc) is 1.56. The Kier molecular flexibility index (Phi) is 19.3. The smallest absolute Gasteiger partial charge is 0.284 e. The quantitative estimate of drug-likeness (QED) is 0.0661. The van der Waals surface area contributed by atoms with Gasteiger partial charge >= 0.3 is 0 Å². The normalized spacial score (nSPS) is 21.9. The molecule has 4 heterocycles. The van der Waals surface area contributed by atoms with Crippen LogP contribution in [0.25, 0.3) is 11.5 Å². The summed E-state index contributed by atoms with van der Waals surface area (Å²) in [6, 6.07) is 19.4. The zero-order chi connectivity index (χ0) is 61.0. The van der Waals surface area contributed by atoms with Crippen LogP contribution >= 0.6 is 23.2 Å². The highest BCUT2D eigenvalue weighted by atomic mass is 35.5. The zero-order valence-corrected chi connectivity index (χ0v) is 50.9. The topological polar surface area (TPSA) is 172 Å². The maximum absolute atomic E-state index is 16.3. The van der Waals surface area contributed by atoms with Gasteiger partial charge in [-0.25, -0.2) is 22.5 Å². The van der Waals surface area contributed by atoms with Crippen LogP contribution in [0.3, 0.4) is 0 Å². The SMILES string of the molecule is COc1cc(C(=O)N2CCC(CCCN(C)CC3CCC(n4cc(NC(=O)c5coc(-c6ccnc(CCC7CC7)c6)n5)c(C(F)F)n4)CC3)CC2)ccc1NC(=O)[C@@H]1C[C@@H](CC(C)(C)C)[C@](C#N)(c2ccc(Cl)cc2F)[C@H]1c1cccc(Cl)c1F. The van der Waals surface area contributed by atoms with Gasteiger partial charge in [-0.2, -0.15) is 10.4 Å². The Labute approximate surface area is 510 Å². The van der Waals surface area contributed by atoms with Crippen molar-refractivity contribution >= 4 is 52.3 Å². The monoisotopic (exact) mass is 1220 g/mol. The summed E-state index contributed by atoms with van der Waals surface area (Å²) in [5.74, 6) is -3.47. The van der Waals surface area contributed by atoms with Gasteiger partial charge in [-0.15, -0.1) is 0 Å². The summed E-state index contributed by atoms with van der Waals surface area (Å²) in [5.41, 5.74) is -0.277. The first-order valence-corrected chi connectivity index (χ1v) is 30.8. The highest BCUT2D eigenvalue weighted by Crippen LogP contribution is 2.61. The van der Waals surface area contributed by atoms with Gasteiger partial charge < -0.3 is 29.6 Å². The Hall–Kier alpha value is -6.81.